The summed E-state index contributed by atoms with van der Waals surface area (Å²) in [6.07, 6.45) is 8.92. The molecule has 5 aromatic rings. The number of nitrogens with one attached hydrogen (secondary N) is 11. The molecule has 0 spiro atoms. The number of aliphatic hydroxyl groups excluding tert-OH is 1. The number of benzene rings is 2. The number of nitrogens with two attached hydrogens (primary N) is 1. The summed E-state index contributed by atoms with van der Waals surface area (Å²) < 4.78 is 18.2. The summed E-state index contributed by atoms with van der Waals surface area (Å²) in [5.41, 5.74) is 8.85. The molecule has 2 bridgehead atoms. The van der Waals surface area contributed by atoms with Gasteiger partial charge in [-0.25, -0.2) is 4.79 Å². The molecule has 0 radical (unpaired) electrons. The SMILES string of the molecule is C[C@@H]1NC(=O)[C@@H](Cc2c[nH]c3ccccc23)NC(=O)[C@@H](Cc2c[nH]c3ccccc23)NC(=O)[C@H]2CCCN2C(=O)[C@@H](CO)NC(=O)[C@@H](NC(=O)COCCOCCOCCNC(=O)CCCC[C@@H]2SC[C@@H]3NC(=O)N[C@@H]32)Cc2cn(nn2)CCCC[C@@H](C(N)=O)NC1=O. The molecule has 3 fully saturated rings. The van der Waals surface area contributed by atoms with E-state index in [4.69, 9.17) is 19.9 Å². The highest BCUT2D eigenvalue weighted by molar-refractivity contribution is 8.00. The van der Waals surface area contributed by atoms with Gasteiger partial charge in [-0.3, -0.25) is 47.8 Å². The molecule has 0 saturated carbocycles. The summed E-state index contributed by atoms with van der Waals surface area (Å²) in [7, 11) is 0. The lowest BCUT2D eigenvalue weighted by atomic mass is 10.0. The fourth-order valence-corrected chi connectivity index (χ4v) is 13.5. The Morgan fingerprint density at radius 1 is 0.699 bits per heavy atom. The van der Waals surface area contributed by atoms with Crippen LogP contribution in [0.5, 0.6) is 0 Å². The van der Waals surface area contributed by atoms with Crippen LogP contribution in [0.2, 0.25) is 0 Å². The number of aliphatic hydroxyl groups is 1. The van der Waals surface area contributed by atoms with Crippen LogP contribution in [0.4, 0.5) is 4.79 Å². The number of aryl methyl sites for hydroxylation is 1. The molecule has 7 heterocycles. The van der Waals surface area contributed by atoms with Crippen molar-refractivity contribution in [2.24, 2.45) is 5.73 Å². The van der Waals surface area contributed by atoms with Gasteiger partial charge in [0.25, 0.3) is 0 Å². The second kappa shape index (κ2) is 33.8. The van der Waals surface area contributed by atoms with Gasteiger partial charge in [-0.1, -0.05) is 48.0 Å². The normalized spacial score (nSPS) is 24.6. The number of urea groups is 1. The predicted molar refractivity (Wildman–Crippen MR) is 339 cm³/mol. The molecule has 2 aromatic carbocycles. The average molecular weight is 1310 g/mol. The van der Waals surface area contributed by atoms with Crippen LogP contribution >= 0.6 is 11.8 Å². The van der Waals surface area contributed by atoms with Gasteiger partial charge >= 0.3 is 6.03 Å². The summed E-state index contributed by atoms with van der Waals surface area (Å²) in [6.45, 7) is 1.50. The Labute approximate surface area is 540 Å². The smallest absolute Gasteiger partial charge is 0.315 e. The lowest BCUT2D eigenvalue weighted by Gasteiger charge is -2.30. The van der Waals surface area contributed by atoms with Crippen molar-refractivity contribution < 1.29 is 67.3 Å². The van der Waals surface area contributed by atoms with Gasteiger partial charge in [0.1, 0.15) is 48.9 Å². The van der Waals surface area contributed by atoms with E-state index in [1.54, 1.807) is 18.6 Å². The zero-order chi connectivity index (χ0) is 65.8. The van der Waals surface area contributed by atoms with Crippen molar-refractivity contribution in [2.45, 2.75) is 150 Å². The van der Waals surface area contributed by atoms with E-state index in [2.05, 4.69) is 68.1 Å². The summed E-state index contributed by atoms with van der Waals surface area (Å²) in [5.74, 6) is -5.35. The maximum absolute atomic E-state index is 14.9. The van der Waals surface area contributed by atoms with E-state index in [-0.39, 0.29) is 108 Å². The monoisotopic (exact) mass is 1310 g/mol. The molecule has 0 unspecified atom stereocenters. The number of aromatic nitrogens is 5. The minimum Gasteiger partial charge on any atom is -0.394 e. The van der Waals surface area contributed by atoms with Gasteiger partial charge in [-0.2, -0.15) is 11.8 Å². The van der Waals surface area contributed by atoms with Crippen LogP contribution in [0.3, 0.4) is 0 Å². The number of fused-ring (bicyclic) bond motifs is 6. The minimum absolute atomic E-state index is 0.00410. The van der Waals surface area contributed by atoms with E-state index in [0.29, 0.717) is 48.6 Å². The van der Waals surface area contributed by atoms with E-state index >= 15 is 0 Å². The van der Waals surface area contributed by atoms with Crippen LogP contribution in [-0.2, 0) is 83.2 Å². The topological polar surface area (TPSA) is 418 Å². The number of para-hydroxylation sites is 2. The molecule has 0 aliphatic carbocycles. The molecule has 4 aliphatic rings. The Bertz CT molecular complexity index is 3430. The van der Waals surface area contributed by atoms with E-state index in [1.165, 1.54) is 16.5 Å². The average Bonchev–Trinajstić information content (AvgIpc) is 1.76. The maximum atomic E-state index is 14.9. The van der Waals surface area contributed by atoms with Crippen molar-refractivity contribution in [3.05, 3.63) is 83.9 Å². The number of ether oxygens (including phenoxy) is 3. The second-order valence-electron chi connectivity index (χ2n) is 23.7. The van der Waals surface area contributed by atoms with Crippen LogP contribution in [0.25, 0.3) is 21.8 Å². The summed E-state index contributed by atoms with van der Waals surface area (Å²) >= 11 is 1.85. The van der Waals surface area contributed by atoms with E-state index < -0.39 is 103 Å². The molecule has 502 valence electrons. The van der Waals surface area contributed by atoms with Crippen LogP contribution in [0.1, 0.15) is 81.5 Å². The number of rotatable bonds is 23. The number of hydrogen-bond acceptors (Lipinski definition) is 17. The van der Waals surface area contributed by atoms with Gasteiger partial charge < -0.3 is 87.8 Å². The third kappa shape index (κ3) is 19.2. The van der Waals surface area contributed by atoms with Gasteiger partial charge in [0, 0.05) is 96.7 Å². The molecule has 4 aliphatic heterocycles. The molecule has 30 nitrogen and oxygen atoms in total. The molecular weight excluding hydrogens is 1220 g/mol. The maximum Gasteiger partial charge on any atom is 0.315 e. The number of unbranched alkanes of at least 4 members (excludes halogenated alkanes) is 1. The molecule has 14 N–H and O–H groups in total. The number of carbonyl (C=O) groups excluding carboxylic acids is 10. The number of aromatic amines is 2. The van der Waals surface area contributed by atoms with Gasteiger partial charge in [0.05, 0.1) is 57.4 Å². The molecule has 93 heavy (non-hydrogen) atoms. The largest absolute Gasteiger partial charge is 0.394 e. The molecule has 10 atom stereocenters. The fourth-order valence-electron chi connectivity index (χ4n) is 12.0. The lowest BCUT2D eigenvalue weighted by Crippen LogP contribution is -2.60. The first-order valence-electron chi connectivity index (χ1n) is 31.7. The number of carbonyl (C=O) groups is 10. The van der Waals surface area contributed by atoms with Gasteiger partial charge in [0.2, 0.25) is 53.2 Å². The number of hydrogen-bond donors (Lipinski definition) is 13. The van der Waals surface area contributed by atoms with Crippen molar-refractivity contribution >= 4 is 92.8 Å². The molecule has 3 saturated heterocycles. The van der Waals surface area contributed by atoms with E-state index in [0.717, 1.165) is 46.8 Å². The summed E-state index contributed by atoms with van der Waals surface area (Å²) in [5, 5.41) is 46.0. The quantitative estimate of drug-likeness (QED) is 0.0268. The molecular formula is C62H84N16O14S. The van der Waals surface area contributed by atoms with Crippen LogP contribution in [0.15, 0.2) is 67.1 Å². The third-order valence-electron chi connectivity index (χ3n) is 16.9. The predicted octanol–water partition coefficient (Wildman–Crippen LogP) is -1.26. The molecule has 11 amide bonds. The summed E-state index contributed by atoms with van der Waals surface area (Å²) in [6, 6.07) is 5.68. The van der Waals surface area contributed by atoms with Crippen molar-refractivity contribution in [1.82, 2.24) is 77.7 Å². The highest BCUT2D eigenvalue weighted by Crippen LogP contribution is 2.33. The lowest BCUT2D eigenvalue weighted by molar-refractivity contribution is -0.143. The first-order valence-corrected chi connectivity index (χ1v) is 32.8. The molecule has 31 heteroatoms. The molecule has 3 aromatic heterocycles. The first kappa shape index (κ1) is 68.7. The molecule has 9 rings (SSSR count). The van der Waals surface area contributed by atoms with Crippen LogP contribution < -0.4 is 53.6 Å². The second-order valence-corrected chi connectivity index (χ2v) is 24.9. The number of thioether (sulfide) groups is 1. The highest BCUT2D eigenvalue weighted by Gasteiger charge is 2.43. The number of amides is 11. The number of H-pyrrole nitrogens is 2. The Morgan fingerprint density at radius 2 is 1.35 bits per heavy atom. The first-order chi connectivity index (χ1) is 45.0. The Balaban J connectivity index is 0.824. The van der Waals surface area contributed by atoms with Crippen LogP contribution in [-0.4, -0.2) is 219 Å². The van der Waals surface area contributed by atoms with Crippen molar-refractivity contribution in [1.29, 1.82) is 0 Å². The zero-order valence-corrected chi connectivity index (χ0v) is 52.7. The van der Waals surface area contributed by atoms with Crippen molar-refractivity contribution in [3.63, 3.8) is 0 Å². The van der Waals surface area contributed by atoms with Crippen molar-refractivity contribution in [2.75, 3.05) is 65.1 Å². The standard InChI is InChI=1S/C62H84N16O14S/c1-36-56(83)69-44(55(63)82)15-8-9-20-77-32-39(75-76-77)29-47(68-53(81)34-92-26-25-91-24-23-90-22-19-64-52(80)18-7-6-17-51-54-49(35-93-51)73-62(89)74-54)59(86)72-48(33-79)61(88)78-21-10-16-50(78)60(87)71-46(28-38-31-66-43-14-5-3-12-41(38)43)58(85)70-45(57(84)67-36)27-37-30-65-42-13-4-2-11-40(37)42/h2-5,11-14,30-32,36,44-51,54,65-66,79H,6-10,15-29,33-35H2,1H3,(H2,63,82)(H,64,80)(H,67,84)(H,68,81)(H,69,83)(H,70,85)(H,71,87)(H,72,86)(H2,73,74,89)/t36-,44-,45+,46+,47-,48+,49-,50+,51-,54-/m0/s1. The Morgan fingerprint density at radius 3 is 2.05 bits per heavy atom. The van der Waals surface area contributed by atoms with Gasteiger partial charge in [-0.15, -0.1) is 5.10 Å². The van der Waals surface area contributed by atoms with Gasteiger partial charge in [0.15, 0.2) is 0 Å². The van der Waals surface area contributed by atoms with Crippen molar-refractivity contribution in [3.8, 4) is 0 Å². The Hall–Kier alpha value is -8.65. The Kier molecular flexibility index (Phi) is 25.0. The van der Waals surface area contributed by atoms with Crippen LogP contribution in [0, 0.1) is 0 Å². The fraction of sp³-hybridized carbons (Fsp3) is 0.548. The highest BCUT2D eigenvalue weighted by atomic mass is 32.2. The van der Waals surface area contributed by atoms with E-state index in [1.807, 2.05) is 60.3 Å². The van der Waals surface area contributed by atoms with Gasteiger partial charge in [-0.05, 0) is 75.1 Å². The zero-order valence-electron chi connectivity index (χ0n) is 51.9. The third-order valence-corrected chi connectivity index (χ3v) is 18.4. The number of primary amides is 1. The minimum atomic E-state index is -1.60. The number of nitrogens with zero attached hydrogens (tertiary/aromatic N) is 4. The summed E-state index contributed by atoms with van der Waals surface area (Å²) in [4.78, 5) is 144. The van der Waals surface area contributed by atoms with E-state index in [9.17, 15) is 53.1 Å².